The van der Waals surface area contributed by atoms with Crippen molar-refractivity contribution >= 4 is 12.0 Å². The van der Waals surface area contributed by atoms with E-state index in [1.165, 1.54) is 45.4 Å². The van der Waals surface area contributed by atoms with Gasteiger partial charge in [-0.15, -0.1) is 0 Å². The summed E-state index contributed by atoms with van der Waals surface area (Å²) in [4.78, 5) is 13.3. The molecule has 0 aliphatic carbocycles. The molecule has 13 atom stereocenters. The molecule has 3 heterocycles. The van der Waals surface area contributed by atoms with Crippen LogP contribution in [0.1, 0.15) is 18.1 Å². The first-order valence-corrected chi connectivity index (χ1v) is 17.4. The number of carbonyl (C=O) groups excluding carboxylic acids is 1. The average Bonchev–Trinajstić information content (AvgIpc) is 3.47. The van der Waals surface area contributed by atoms with Gasteiger partial charge in [-0.05, 0) is 54.8 Å². The molecule has 0 radical (unpaired) electrons. The summed E-state index contributed by atoms with van der Waals surface area (Å²) in [7, 11) is 2.98. The normalized spacial score (nSPS) is 35.2. The molecular formula is C36H48O19. The maximum atomic E-state index is 13.3. The first-order valence-electron chi connectivity index (χ1n) is 17.4. The highest BCUT2D eigenvalue weighted by Gasteiger charge is 2.54. The van der Waals surface area contributed by atoms with Crippen molar-refractivity contribution in [2.24, 2.45) is 0 Å². The molecule has 3 fully saturated rings. The lowest BCUT2D eigenvalue weighted by molar-refractivity contribution is -0.360. The highest BCUT2D eigenvalue weighted by atomic mass is 16.8. The number of phenols is 2. The predicted octanol–water partition coefficient (Wildman–Crippen LogP) is -1.94. The van der Waals surface area contributed by atoms with Crippen LogP contribution in [-0.4, -0.2) is 172 Å². The van der Waals surface area contributed by atoms with E-state index in [1.54, 1.807) is 18.2 Å². The number of rotatable bonds is 15. The fourth-order valence-electron chi connectivity index (χ4n) is 6.18. The number of aliphatic hydroxyl groups excluding tert-OH is 6. The topological polar surface area (TPSA) is 282 Å². The Morgan fingerprint density at radius 3 is 2.27 bits per heavy atom. The summed E-state index contributed by atoms with van der Waals surface area (Å²) in [5, 5.41) is 93.3. The third-order valence-corrected chi connectivity index (χ3v) is 9.50. The van der Waals surface area contributed by atoms with Crippen molar-refractivity contribution in [2.75, 3.05) is 40.6 Å². The van der Waals surface area contributed by atoms with Gasteiger partial charge >= 0.3 is 5.97 Å². The molecule has 5 rings (SSSR count). The molecule has 13 unspecified atom stereocenters. The number of hydrogen-bond acceptors (Lipinski definition) is 19. The molecule has 9 N–H and O–H groups in total. The summed E-state index contributed by atoms with van der Waals surface area (Å²) >= 11 is 0. The van der Waals surface area contributed by atoms with E-state index in [-0.39, 0.29) is 18.8 Å². The molecule has 55 heavy (non-hydrogen) atoms. The maximum absolute atomic E-state index is 13.3. The second kappa shape index (κ2) is 18.5. The molecule has 2 aromatic rings. The maximum Gasteiger partial charge on any atom is 0.331 e. The van der Waals surface area contributed by atoms with Crippen LogP contribution in [0.15, 0.2) is 42.5 Å². The van der Waals surface area contributed by atoms with Crippen LogP contribution >= 0.6 is 0 Å². The highest BCUT2D eigenvalue weighted by molar-refractivity contribution is 5.87. The van der Waals surface area contributed by atoms with E-state index in [0.717, 1.165) is 11.6 Å². The molecule has 3 saturated heterocycles. The molecule has 0 spiro atoms. The Morgan fingerprint density at radius 2 is 1.60 bits per heavy atom. The van der Waals surface area contributed by atoms with E-state index in [1.807, 2.05) is 0 Å². The Kier molecular flexibility index (Phi) is 14.3. The quantitative estimate of drug-likeness (QED) is 0.0539. The van der Waals surface area contributed by atoms with Gasteiger partial charge in [0.05, 0.1) is 46.8 Å². The van der Waals surface area contributed by atoms with Gasteiger partial charge in [0.2, 0.25) is 0 Å². The molecule has 0 saturated carbocycles. The molecule has 3 aliphatic heterocycles. The second-order valence-corrected chi connectivity index (χ2v) is 13.3. The van der Waals surface area contributed by atoms with Gasteiger partial charge in [-0.1, -0.05) is 12.1 Å². The SMILES string of the molecule is COc1ccc(CCOC2OC(COC3OCC(O)(CO)C3O)C(OC(=O)C=Cc3ccc(O)c(O)c3)C(OC3OC(C)C(O)C(O)C3O)C2O)cc1OC. The van der Waals surface area contributed by atoms with Crippen molar-refractivity contribution in [1.29, 1.82) is 0 Å². The standard InChI is InChI=1S/C36H48O19/c1-17-26(41)27(42)28(43)34(52-17)55-31-29(44)33(49-11-10-19-5-8-22(47-2)23(13-19)48-3)53-24(14-50-35-32(45)36(46,15-37)16-51-35)30(31)54-25(40)9-6-18-4-7-20(38)21(39)12-18/h4-9,12-13,17,24,26-35,37-39,41-46H,10-11,14-16H2,1-3H3. The van der Waals surface area contributed by atoms with E-state index in [0.29, 0.717) is 17.1 Å². The number of carbonyl (C=O) groups is 1. The van der Waals surface area contributed by atoms with Crippen LogP contribution in [0.25, 0.3) is 6.08 Å². The molecular weight excluding hydrogens is 736 g/mol. The molecule has 19 nitrogen and oxygen atoms in total. The molecule has 0 bridgehead atoms. The van der Waals surface area contributed by atoms with Crippen LogP contribution in [-0.2, 0) is 44.4 Å². The van der Waals surface area contributed by atoms with Crippen molar-refractivity contribution < 1.29 is 93.4 Å². The zero-order chi connectivity index (χ0) is 40.0. The van der Waals surface area contributed by atoms with Gasteiger partial charge in [-0.3, -0.25) is 0 Å². The van der Waals surface area contributed by atoms with Crippen molar-refractivity contribution in [3.63, 3.8) is 0 Å². The van der Waals surface area contributed by atoms with E-state index in [9.17, 15) is 50.8 Å². The highest BCUT2D eigenvalue weighted by Crippen LogP contribution is 2.34. The Balaban J connectivity index is 1.42. The van der Waals surface area contributed by atoms with Gasteiger partial charge < -0.3 is 88.6 Å². The zero-order valence-electron chi connectivity index (χ0n) is 30.2. The van der Waals surface area contributed by atoms with E-state index < -0.39 is 111 Å². The van der Waals surface area contributed by atoms with Crippen molar-refractivity contribution in [3.05, 3.63) is 53.6 Å². The van der Waals surface area contributed by atoms with Crippen LogP contribution in [0.4, 0.5) is 0 Å². The first-order chi connectivity index (χ1) is 26.2. The van der Waals surface area contributed by atoms with Crippen LogP contribution in [0, 0.1) is 0 Å². The number of aliphatic hydroxyl groups is 7. The van der Waals surface area contributed by atoms with Gasteiger partial charge in [-0.2, -0.15) is 0 Å². The second-order valence-electron chi connectivity index (χ2n) is 13.3. The number of hydrogen-bond donors (Lipinski definition) is 9. The predicted molar refractivity (Wildman–Crippen MR) is 184 cm³/mol. The van der Waals surface area contributed by atoms with Crippen molar-refractivity contribution in [2.45, 2.75) is 92.8 Å². The number of aromatic hydroxyl groups is 2. The minimum atomic E-state index is -2.04. The molecule has 0 aromatic heterocycles. The Bertz CT molecular complexity index is 1610. The lowest BCUT2D eigenvalue weighted by Crippen LogP contribution is -2.65. The van der Waals surface area contributed by atoms with Crippen molar-refractivity contribution in [1.82, 2.24) is 0 Å². The molecule has 2 aromatic carbocycles. The number of benzene rings is 2. The summed E-state index contributed by atoms with van der Waals surface area (Å²) < 4.78 is 51.1. The summed E-state index contributed by atoms with van der Waals surface area (Å²) in [6.07, 6.45) is -16.4. The van der Waals surface area contributed by atoms with Gasteiger partial charge in [-0.25, -0.2) is 4.79 Å². The van der Waals surface area contributed by atoms with Crippen LogP contribution in [0.2, 0.25) is 0 Å². The number of esters is 1. The summed E-state index contributed by atoms with van der Waals surface area (Å²) in [6.45, 7) is -0.531. The van der Waals surface area contributed by atoms with E-state index >= 15 is 0 Å². The van der Waals surface area contributed by atoms with E-state index in [4.69, 9.17) is 42.6 Å². The van der Waals surface area contributed by atoms with Gasteiger partial charge in [0.1, 0.15) is 48.3 Å². The van der Waals surface area contributed by atoms with Crippen LogP contribution < -0.4 is 9.47 Å². The number of ether oxygens (including phenoxy) is 9. The smallest absolute Gasteiger partial charge is 0.331 e. The Hall–Kier alpha value is -3.67. The van der Waals surface area contributed by atoms with E-state index in [2.05, 4.69) is 0 Å². The summed E-state index contributed by atoms with van der Waals surface area (Å²) in [6, 6.07) is 9.00. The minimum Gasteiger partial charge on any atom is -0.504 e. The number of methoxy groups -OCH3 is 2. The Labute approximate surface area is 315 Å². The van der Waals surface area contributed by atoms with Crippen molar-refractivity contribution in [3.8, 4) is 23.0 Å². The monoisotopic (exact) mass is 784 g/mol. The lowest BCUT2D eigenvalue weighted by Gasteiger charge is -2.46. The third-order valence-electron chi connectivity index (χ3n) is 9.50. The molecule has 19 heteroatoms. The Morgan fingerprint density at radius 1 is 0.855 bits per heavy atom. The molecule has 3 aliphatic rings. The first kappa shape index (κ1) is 42.5. The average molecular weight is 785 g/mol. The summed E-state index contributed by atoms with van der Waals surface area (Å²) in [5.41, 5.74) is -0.974. The fourth-order valence-corrected chi connectivity index (χ4v) is 6.18. The summed E-state index contributed by atoms with van der Waals surface area (Å²) in [5.74, 6) is -0.882. The van der Waals surface area contributed by atoms with Crippen LogP contribution in [0.5, 0.6) is 23.0 Å². The minimum absolute atomic E-state index is 0.0529. The van der Waals surface area contributed by atoms with Gasteiger partial charge in [0.15, 0.2) is 48.0 Å². The largest absolute Gasteiger partial charge is 0.504 e. The van der Waals surface area contributed by atoms with Gasteiger partial charge in [0.25, 0.3) is 0 Å². The van der Waals surface area contributed by atoms with Gasteiger partial charge in [0, 0.05) is 6.08 Å². The number of phenolic OH excluding ortho intramolecular Hbond substituents is 2. The zero-order valence-corrected chi connectivity index (χ0v) is 30.2. The molecule has 0 amide bonds. The van der Waals surface area contributed by atoms with Crippen LogP contribution in [0.3, 0.4) is 0 Å². The lowest BCUT2D eigenvalue weighted by atomic mass is 9.96. The third kappa shape index (κ3) is 9.84. The fraction of sp³-hybridized carbons (Fsp3) is 0.583. The molecule has 306 valence electrons.